The van der Waals surface area contributed by atoms with Crippen LogP contribution in [0.3, 0.4) is 0 Å². The number of ether oxygens (including phenoxy) is 1. The summed E-state index contributed by atoms with van der Waals surface area (Å²) in [5, 5.41) is 9.73. The van der Waals surface area contributed by atoms with E-state index in [0.717, 1.165) is 11.0 Å². The van der Waals surface area contributed by atoms with Crippen LogP contribution in [0.25, 0.3) is 11.0 Å². The van der Waals surface area contributed by atoms with Crippen molar-refractivity contribution in [3.8, 4) is 0 Å². The Morgan fingerprint density at radius 3 is 3.05 bits per heavy atom. The molecular weight excluding hydrogens is 274 g/mol. The topological polar surface area (TPSA) is 95.5 Å². The van der Waals surface area contributed by atoms with Crippen molar-refractivity contribution in [2.45, 2.75) is 18.6 Å². The molecule has 3 rings (SSSR count). The van der Waals surface area contributed by atoms with Crippen molar-refractivity contribution < 1.29 is 19.4 Å². The number of β-amino-alcohol motifs (C(OH)–C–C–N with tert-alkyl or cyclic N) is 1. The molecule has 1 aliphatic heterocycles. The number of aromatic nitrogens is 2. The summed E-state index contributed by atoms with van der Waals surface area (Å²) in [6, 6.07) is 4.34. The first-order valence-corrected chi connectivity index (χ1v) is 6.60. The molecule has 0 bridgehead atoms. The minimum absolute atomic E-state index is 0.125. The van der Waals surface area contributed by atoms with Crippen LogP contribution < -0.4 is 0 Å². The van der Waals surface area contributed by atoms with E-state index >= 15 is 0 Å². The fourth-order valence-electron chi connectivity index (χ4n) is 2.63. The van der Waals surface area contributed by atoms with E-state index in [4.69, 9.17) is 4.74 Å². The van der Waals surface area contributed by atoms with E-state index < -0.39 is 18.1 Å². The fraction of sp³-hybridized carbons (Fsp3) is 0.357. The second-order valence-corrected chi connectivity index (χ2v) is 5.02. The molecule has 0 radical (unpaired) electrons. The normalized spacial score (nSPS) is 21.7. The molecule has 7 heteroatoms. The SMILES string of the molecule is COC(=O)C1CC(O)CN1C(=O)c1ccc2nc[nH]c2c1. The maximum Gasteiger partial charge on any atom is 0.328 e. The molecule has 0 spiro atoms. The van der Waals surface area contributed by atoms with Crippen molar-refractivity contribution in [3.05, 3.63) is 30.1 Å². The van der Waals surface area contributed by atoms with Crippen molar-refractivity contribution in [1.82, 2.24) is 14.9 Å². The zero-order valence-corrected chi connectivity index (χ0v) is 11.4. The van der Waals surface area contributed by atoms with E-state index in [1.165, 1.54) is 12.0 Å². The number of hydrogen-bond donors (Lipinski definition) is 2. The molecule has 1 fully saturated rings. The van der Waals surface area contributed by atoms with Crippen LogP contribution in [0, 0.1) is 0 Å². The Morgan fingerprint density at radius 2 is 2.29 bits per heavy atom. The molecule has 1 aromatic carbocycles. The lowest BCUT2D eigenvalue weighted by molar-refractivity contribution is -0.145. The number of benzene rings is 1. The molecule has 2 aromatic rings. The van der Waals surface area contributed by atoms with E-state index in [1.807, 2.05) is 0 Å². The number of H-pyrrole nitrogens is 1. The minimum atomic E-state index is -0.741. The fourth-order valence-corrected chi connectivity index (χ4v) is 2.63. The maximum absolute atomic E-state index is 12.6. The average molecular weight is 289 g/mol. The number of nitrogens with zero attached hydrogens (tertiary/aromatic N) is 2. The highest BCUT2D eigenvalue weighted by Gasteiger charge is 2.39. The van der Waals surface area contributed by atoms with Gasteiger partial charge in [0.15, 0.2) is 0 Å². The number of esters is 1. The van der Waals surface area contributed by atoms with Crippen LogP contribution >= 0.6 is 0 Å². The number of rotatable bonds is 2. The lowest BCUT2D eigenvalue weighted by Gasteiger charge is -2.22. The Labute approximate surface area is 120 Å². The first kappa shape index (κ1) is 13.6. The van der Waals surface area contributed by atoms with Gasteiger partial charge in [-0.3, -0.25) is 4.79 Å². The Bertz CT molecular complexity index is 696. The highest BCUT2D eigenvalue weighted by molar-refractivity contribution is 5.99. The zero-order chi connectivity index (χ0) is 15.0. The Hall–Kier alpha value is -2.41. The molecule has 2 heterocycles. The smallest absolute Gasteiger partial charge is 0.328 e. The highest BCUT2D eigenvalue weighted by Crippen LogP contribution is 2.22. The number of imidazole rings is 1. The first-order valence-electron chi connectivity index (χ1n) is 6.60. The third-order valence-corrected chi connectivity index (χ3v) is 3.68. The number of aliphatic hydroxyl groups excluding tert-OH is 1. The van der Waals surface area contributed by atoms with Gasteiger partial charge >= 0.3 is 5.97 Å². The molecule has 2 N–H and O–H groups in total. The molecule has 110 valence electrons. The molecule has 1 aliphatic rings. The van der Waals surface area contributed by atoms with Crippen LogP contribution in [-0.2, 0) is 9.53 Å². The summed E-state index contributed by atoms with van der Waals surface area (Å²) in [5.74, 6) is -0.819. The molecule has 0 aliphatic carbocycles. The quantitative estimate of drug-likeness (QED) is 0.776. The molecule has 2 unspecified atom stereocenters. The van der Waals surface area contributed by atoms with Gasteiger partial charge in [-0.2, -0.15) is 0 Å². The molecule has 0 saturated carbocycles. The molecule has 2 atom stereocenters. The predicted octanol–water partition coefficient (Wildman–Crippen LogP) is 0.311. The minimum Gasteiger partial charge on any atom is -0.467 e. The number of amides is 1. The van der Waals surface area contributed by atoms with Crippen LogP contribution in [0.1, 0.15) is 16.8 Å². The second-order valence-electron chi connectivity index (χ2n) is 5.02. The van der Waals surface area contributed by atoms with Crippen LogP contribution in [0.2, 0.25) is 0 Å². The van der Waals surface area contributed by atoms with Crippen molar-refractivity contribution in [2.24, 2.45) is 0 Å². The highest BCUT2D eigenvalue weighted by atomic mass is 16.5. The number of aromatic amines is 1. The summed E-state index contributed by atoms with van der Waals surface area (Å²) < 4.78 is 4.70. The van der Waals surface area contributed by atoms with E-state index in [1.54, 1.807) is 24.5 Å². The van der Waals surface area contributed by atoms with E-state index in [9.17, 15) is 14.7 Å². The zero-order valence-electron chi connectivity index (χ0n) is 11.4. The van der Waals surface area contributed by atoms with Crippen molar-refractivity contribution >= 4 is 22.9 Å². The first-order chi connectivity index (χ1) is 10.1. The van der Waals surface area contributed by atoms with E-state index in [2.05, 4.69) is 9.97 Å². The van der Waals surface area contributed by atoms with E-state index in [-0.39, 0.29) is 18.9 Å². The van der Waals surface area contributed by atoms with Crippen molar-refractivity contribution in [2.75, 3.05) is 13.7 Å². The molecular formula is C14H15N3O4. The molecule has 1 saturated heterocycles. The largest absolute Gasteiger partial charge is 0.467 e. The number of aliphatic hydroxyl groups is 1. The summed E-state index contributed by atoms with van der Waals surface area (Å²) in [6.45, 7) is 0.125. The van der Waals surface area contributed by atoms with Crippen molar-refractivity contribution in [3.63, 3.8) is 0 Å². The third-order valence-electron chi connectivity index (χ3n) is 3.68. The average Bonchev–Trinajstić information content (AvgIpc) is 3.10. The van der Waals surface area contributed by atoms with Gasteiger partial charge in [0.1, 0.15) is 6.04 Å². The van der Waals surface area contributed by atoms with Gasteiger partial charge in [0.05, 0.1) is 30.6 Å². The number of nitrogens with one attached hydrogen (secondary N) is 1. The van der Waals surface area contributed by atoms with Crippen LogP contribution in [-0.4, -0.2) is 57.7 Å². The monoisotopic (exact) mass is 289 g/mol. The third kappa shape index (κ3) is 2.36. The van der Waals surface area contributed by atoms with Gasteiger partial charge in [0.2, 0.25) is 0 Å². The summed E-state index contributed by atoms with van der Waals surface area (Å²) in [7, 11) is 1.27. The van der Waals surface area contributed by atoms with Gasteiger partial charge in [0.25, 0.3) is 5.91 Å². The summed E-state index contributed by atoms with van der Waals surface area (Å²) in [6.07, 6.45) is 1.04. The van der Waals surface area contributed by atoms with Gasteiger partial charge in [-0.05, 0) is 18.2 Å². The number of carbonyl (C=O) groups excluding carboxylic acids is 2. The summed E-state index contributed by atoms with van der Waals surface area (Å²) >= 11 is 0. The maximum atomic E-state index is 12.6. The van der Waals surface area contributed by atoms with Gasteiger partial charge < -0.3 is 19.7 Å². The molecule has 7 nitrogen and oxygen atoms in total. The van der Waals surface area contributed by atoms with Crippen LogP contribution in [0.5, 0.6) is 0 Å². The number of fused-ring (bicyclic) bond motifs is 1. The molecule has 21 heavy (non-hydrogen) atoms. The predicted molar refractivity (Wildman–Crippen MR) is 73.6 cm³/mol. The number of hydrogen-bond acceptors (Lipinski definition) is 5. The van der Waals surface area contributed by atoms with Gasteiger partial charge in [-0.25, -0.2) is 9.78 Å². The van der Waals surface area contributed by atoms with E-state index in [0.29, 0.717) is 5.56 Å². The van der Waals surface area contributed by atoms with Gasteiger partial charge in [-0.1, -0.05) is 0 Å². The second kappa shape index (κ2) is 5.17. The summed E-state index contributed by atoms with van der Waals surface area (Å²) in [4.78, 5) is 32.7. The number of methoxy groups -OCH3 is 1. The van der Waals surface area contributed by atoms with Crippen LogP contribution in [0.15, 0.2) is 24.5 Å². The van der Waals surface area contributed by atoms with Crippen LogP contribution in [0.4, 0.5) is 0 Å². The summed E-state index contributed by atoms with van der Waals surface area (Å²) in [5.41, 5.74) is 1.95. The van der Waals surface area contributed by atoms with Gasteiger partial charge in [0, 0.05) is 18.5 Å². The lowest BCUT2D eigenvalue weighted by atomic mass is 10.1. The number of carbonyl (C=O) groups is 2. The lowest BCUT2D eigenvalue weighted by Crippen LogP contribution is -2.41. The molecule has 1 amide bonds. The number of likely N-dealkylation sites (tertiary alicyclic amines) is 1. The molecule has 1 aromatic heterocycles. The Morgan fingerprint density at radius 1 is 1.48 bits per heavy atom. The van der Waals surface area contributed by atoms with Crippen molar-refractivity contribution in [1.29, 1.82) is 0 Å². The Balaban J connectivity index is 1.90. The Kier molecular flexibility index (Phi) is 3.34. The van der Waals surface area contributed by atoms with Gasteiger partial charge in [-0.15, -0.1) is 0 Å². The standard InChI is InChI=1S/C14H15N3O4/c1-21-14(20)12-5-9(18)6-17(12)13(19)8-2-3-10-11(4-8)16-7-15-10/h2-4,7,9,12,18H,5-6H2,1H3,(H,15,16).